The fourth-order valence-corrected chi connectivity index (χ4v) is 8.67. The Bertz CT molecular complexity index is 1310. The molecule has 4 bridgehead atoms. The van der Waals surface area contributed by atoms with Crippen molar-refractivity contribution < 1.29 is 24.3 Å². The van der Waals surface area contributed by atoms with Crippen LogP contribution in [0, 0.1) is 23.2 Å². The summed E-state index contributed by atoms with van der Waals surface area (Å²) in [6, 6.07) is 6.62. The van der Waals surface area contributed by atoms with Gasteiger partial charge in [0.1, 0.15) is 5.69 Å². The van der Waals surface area contributed by atoms with Crippen molar-refractivity contribution >= 4 is 35.2 Å². The number of carbonyl (C=O) groups is 4. The van der Waals surface area contributed by atoms with Crippen LogP contribution >= 0.6 is 11.3 Å². The van der Waals surface area contributed by atoms with Crippen LogP contribution in [0.3, 0.4) is 0 Å². The third-order valence-electron chi connectivity index (χ3n) is 8.95. The van der Waals surface area contributed by atoms with Crippen molar-refractivity contribution in [2.45, 2.75) is 50.6 Å². The van der Waals surface area contributed by atoms with Crippen molar-refractivity contribution in [2.75, 3.05) is 6.54 Å². The molecule has 10 nitrogen and oxygen atoms in total. The zero-order valence-electron chi connectivity index (χ0n) is 20.2. The number of aromatic nitrogens is 1. The number of hydrogen-bond donors (Lipinski definition) is 4. The van der Waals surface area contributed by atoms with Gasteiger partial charge in [-0.25, -0.2) is 9.78 Å². The number of carboxylic acid groups (broad SMARTS) is 1. The minimum Gasteiger partial charge on any atom is -0.465 e. The highest BCUT2D eigenvalue weighted by Crippen LogP contribution is 2.60. The van der Waals surface area contributed by atoms with E-state index in [9.17, 15) is 24.3 Å². The van der Waals surface area contributed by atoms with Gasteiger partial charge in [-0.1, -0.05) is 24.3 Å². The van der Waals surface area contributed by atoms with Crippen LogP contribution in [0.5, 0.6) is 0 Å². The molecule has 7 rings (SSSR count). The largest absolute Gasteiger partial charge is 0.465 e. The number of nitrogens with zero attached hydrogens (tertiary/aromatic N) is 2. The van der Waals surface area contributed by atoms with Gasteiger partial charge < -0.3 is 21.9 Å². The molecular formula is C26H29N5O5S. The fourth-order valence-electron chi connectivity index (χ4n) is 7.62. The lowest BCUT2D eigenvalue weighted by molar-refractivity contribution is -0.145. The van der Waals surface area contributed by atoms with Crippen LogP contribution in [0.25, 0.3) is 0 Å². The van der Waals surface area contributed by atoms with Crippen LogP contribution in [0.4, 0.5) is 4.79 Å². The van der Waals surface area contributed by atoms with Crippen molar-refractivity contribution in [3.05, 3.63) is 51.0 Å². The molecule has 0 saturated heterocycles. The van der Waals surface area contributed by atoms with Crippen LogP contribution in [-0.2, 0) is 11.2 Å². The molecule has 0 spiro atoms. The van der Waals surface area contributed by atoms with Gasteiger partial charge >= 0.3 is 6.09 Å². The van der Waals surface area contributed by atoms with E-state index in [1.54, 1.807) is 0 Å². The number of fused-ring (bicyclic) bond motifs is 1. The van der Waals surface area contributed by atoms with Crippen molar-refractivity contribution in [2.24, 2.45) is 34.6 Å². The number of nitrogens with two attached hydrogens (primary N) is 2. The summed E-state index contributed by atoms with van der Waals surface area (Å²) in [6.45, 7) is 0.255. The van der Waals surface area contributed by atoms with Crippen LogP contribution in [0.1, 0.15) is 74.4 Å². The van der Waals surface area contributed by atoms with Gasteiger partial charge in [-0.3, -0.25) is 19.3 Å². The molecule has 6 N–H and O–H groups in total. The Morgan fingerprint density at radius 2 is 1.78 bits per heavy atom. The number of nitrogens with one attached hydrogen (secondary N) is 1. The summed E-state index contributed by atoms with van der Waals surface area (Å²) < 4.78 is 0. The summed E-state index contributed by atoms with van der Waals surface area (Å²) in [5, 5.41) is 13.1. The number of benzene rings is 1. The number of primary amides is 2. The molecule has 0 radical (unpaired) electrons. The van der Waals surface area contributed by atoms with E-state index >= 15 is 0 Å². The monoisotopic (exact) mass is 523 g/mol. The van der Waals surface area contributed by atoms with Crippen LogP contribution < -0.4 is 16.8 Å². The van der Waals surface area contributed by atoms with Crippen molar-refractivity contribution in [3.63, 3.8) is 0 Å². The molecule has 1 aliphatic heterocycles. The summed E-state index contributed by atoms with van der Waals surface area (Å²) in [5.41, 5.74) is 12.7. The van der Waals surface area contributed by atoms with E-state index in [0.29, 0.717) is 30.1 Å². The Kier molecular flexibility index (Phi) is 5.52. The predicted molar refractivity (Wildman–Crippen MR) is 134 cm³/mol. The summed E-state index contributed by atoms with van der Waals surface area (Å²) in [7, 11) is 0. The molecule has 4 fully saturated rings. The molecule has 5 aliphatic rings. The fraction of sp³-hybridized carbons (Fsp3) is 0.500. The van der Waals surface area contributed by atoms with E-state index in [4.69, 9.17) is 11.5 Å². The highest BCUT2D eigenvalue weighted by Gasteiger charge is 2.58. The number of carbonyl (C=O) groups excluding carboxylic acids is 3. The maximum Gasteiger partial charge on any atom is 0.408 e. The Morgan fingerprint density at radius 1 is 1.08 bits per heavy atom. The average Bonchev–Trinajstić information content (AvgIpc) is 3.30. The van der Waals surface area contributed by atoms with E-state index < -0.39 is 29.4 Å². The lowest BCUT2D eigenvalue weighted by atomic mass is 9.47. The Balaban J connectivity index is 1.36. The Labute approximate surface area is 217 Å². The van der Waals surface area contributed by atoms with Gasteiger partial charge in [0.05, 0.1) is 10.9 Å². The van der Waals surface area contributed by atoms with Gasteiger partial charge in [-0.05, 0) is 67.4 Å². The molecule has 4 saturated carbocycles. The summed E-state index contributed by atoms with van der Waals surface area (Å²) in [4.78, 5) is 56.4. The third-order valence-corrected chi connectivity index (χ3v) is 10.1. The second kappa shape index (κ2) is 8.54. The summed E-state index contributed by atoms with van der Waals surface area (Å²) >= 11 is 0.969. The highest BCUT2D eigenvalue weighted by molar-refractivity contribution is 7.14. The van der Waals surface area contributed by atoms with E-state index in [1.807, 2.05) is 24.3 Å². The maximum atomic E-state index is 13.8. The van der Waals surface area contributed by atoms with Crippen LogP contribution in [0.2, 0.25) is 0 Å². The first-order valence-corrected chi connectivity index (χ1v) is 13.5. The molecule has 37 heavy (non-hydrogen) atoms. The molecule has 3 atom stereocenters. The smallest absolute Gasteiger partial charge is 0.408 e. The summed E-state index contributed by atoms with van der Waals surface area (Å²) in [6.07, 6.45) is 3.48. The average molecular weight is 524 g/mol. The topological polar surface area (TPSA) is 169 Å². The second-order valence-electron chi connectivity index (χ2n) is 11.0. The Hall–Kier alpha value is -3.47. The first kappa shape index (κ1) is 23.9. The minimum absolute atomic E-state index is 0.0326. The number of rotatable bonds is 5. The minimum atomic E-state index is -1.11. The molecule has 2 aromatic rings. The highest BCUT2D eigenvalue weighted by atomic mass is 32.1. The molecule has 1 aromatic heterocycles. The molecule has 1 aromatic carbocycles. The van der Waals surface area contributed by atoms with Gasteiger partial charge in [0.25, 0.3) is 11.8 Å². The molecule has 2 heterocycles. The van der Waals surface area contributed by atoms with Crippen LogP contribution in [0.15, 0.2) is 24.3 Å². The van der Waals surface area contributed by atoms with Gasteiger partial charge in [0.15, 0.2) is 5.01 Å². The molecule has 11 heteroatoms. The van der Waals surface area contributed by atoms with Gasteiger partial charge in [-0.2, -0.15) is 0 Å². The second-order valence-corrected chi connectivity index (χ2v) is 12.1. The molecule has 4 amide bonds. The van der Waals surface area contributed by atoms with Crippen molar-refractivity contribution in [1.82, 2.24) is 15.2 Å². The standard InChI is InChI=1S/C26H29N5O5S/c27-21(32)23-30-18(20(37-23)19-16-4-2-1-3-13(16)5-6-31(19)25(35)36)22(33)29-17-14-7-12-8-15(17)11-26(9-12,10-14)24(28)34/h1-4,12,14-15,17,19H,5-11H2,(H2,27,32)(H2,28,34)(H,29,33)(H,35,36). The van der Waals surface area contributed by atoms with E-state index in [0.717, 1.165) is 41.7 Å². The van der Waals surface area contributed by atoms with E-state index in [2.05, 4.69) is 10.3 Å². The molecule has 4 aliphatic carbocycles. The van der Waals surface area contributed by atoms with E-state index in [1.165, 1.54) is 4.90 Å². The maximum absolute atomic E-state index is 13.8. The van der Waals surface area contributed by atoms with Crippen molar-refractivity contribution in [3.8, 4) is 0 Å². The summed E-state index contributed by atoms with van der Waals surface area (Å²) in [5.74, 6) is -0.726. The number of thiazole rings is 1. The Morgan fingerprint density at radius 3 is 2.43 bits per heavy atom. The lowest BCUT2D eigenvalue weighted by Gasteiger charge is -2.58. The zero-order chi connectivity index (χ0) is 26.1. The molecular weight excluding hydrogens is 494 g/mol. The van der Waals surface area contributed by atoms with E-state index in [-0.39, 0.29) is 41.0 Å². The first-order valence-electron chi connectivity index (χ1n) is 12.7. The quantitative estimate of drug-likeness (QED) is 0.469. The number of amides is 4. The van der Waals surface area contributed by atoms with Gasteiger partial charge in [0, 0.05) is 18.0 Å². The molecule has 194 valence electrons. The number of hydrogen-bond acceptors (Lipinski definition) is 6. The van der Waals surface area contributed by atoms with Crippen molar-refractivity contribution in [1.29, 1.82) is 0 Å². The normalized spacial score (nSPS) is 31.6. The first-order chi connectivity index (χ1) is 17.7. The van der Waals surface area contributed by atoms with Crippen LogP contribution in [-0.4, -0.2) is 51.4 Å². The lowest BCUT2D eigenvalue weighted by Crippen LogP contribution is -2.62. The van der Waals surface area contributed by atoms with Gasteiger partial charge in [0.2, 0.25) is 5.91 Å². The van der Waals surface area contributed by atoms with Gasteiger partial charge in [-0.15, -0.1) is 11.3 Å². The third kappa shape index (κ3) is 3.78. The predicted octanol–water partition coefficient (Wildman–Crippen LogP) is 2.28. The zero-order valence-corrected chi connectivity index (χ0v) is 21.0. The molecule has 3 unspecified atom stereocenters. The SMILES string of the molecule is NC(=O)c1nc(C(=O)NC2C3CC4CC2CC(C(N)=O)(C4)C3)c(C2c3ccccc3CCN2C(=O)O)s1.